The van der Waals surface area contributed by atoms with Gasteiger partial charge in [0.05, 0.1) is 5.60 Å². The summed E-state index contributed by atoms with van der Waals surface area (Å²) in [6.07, 6.45) is 10.2. The summed E-state index contributed by atoms with van der Waals surface area (Å²) in [6.45, 7) is 3.77. The number of Topliss-reactive ketones (excluding diaryl/α,β-unsaturated/α-hetero) is 1. The lowest BCUT2D eigenvalue weighted by atomic mass is 9.76. The lowest BCUT2D eigenvalue weighted by molar-refractivity contribution is -0.126. The smallest absolute Gasteiger partial charge is 0.136 e. The van der Waals surface area contributed by atoms with Crippen molar-refractivity contribution in [3.8, 4) is 0 Å². The molecule has 0 amide bonds. The molecule has 0 bridgehead atoms. The van der Waals surface area contributed by atoms with Crippen LogP contribution in [0, 0.1) is 17.8 Å². The first-order valence-electron chi connectivity index (χ1n) is 7.72. The summed E-state index contributed by atoms with van der Waals surface area (Å²) in [4.78, 5) is 11.8. The maximum atomic E-state index is 11.8. The van der Waals surface area contributed by atoms with Gasteiger partial charge in [-0.2, -0.15) is 0 Å². The average molecular weight is 252 g/mol. The second-order valence-corrected chi connectivity index (χ2v) is 7.02. The summed E-state index contributed by atoms with van der Waals surface area (Å²) in [5.74, 6) is 2.46. The number of unbranched alkanes of at least 4 members (excludes halogenated alkanes) is 1. The molecule has 2 rings (SSSR count). The molecule has 2 fully saturated rings. The molecule has 1 N–H and O–H groups in total. The second-order valence-electron chi connectivity index (χ2n) is 7.02. The molecule has 0 aromatic rings. The maximum absolute atomic E-state index is 11.8. The van der Waals surface area contributed by atoms with Crippen LogP contribution in [0.1, 0.15) is 71.6 Å². The van der Waals surface area contributed by atoms with E-state index in [9.17, 15) is 9.90 Å². The van der Waals surface area contributed by atoms with Crippen molar-refractivity contribution in [3.63, 3.8) is 0 Å². The predicted octanol–water partition coefficient (Wildman–Crippen LogP) is 3.71. The topological polar surface area (TPSA) is 37.3 Å². The fourth-order valence-corrected chi connectivity index (χ4v) is 4.01. The van der Waals surface area contributed by atoms with E-state index in [1.54, 1.807) is 0 Å². The fourth-order valence-electron chi connectivity index (χ4n) is 4.01. The van der Waals surface area contributed by atoms with Gasteiger partial charge in [0, 0.05) is 12.3 Å². The van der Waals surface area contributed by atoms with Crippen molar-refractivity contribution in [3.05, 3.63) is 0 Å². The Morgan fingerprint density at radius 2 is 2.00 bits per heavy atom. The molecule has 18 heavy (non-hydrogen) atoms. The number of hydrogen-bond donors (Lipinski definition) is 1. The van der Waals surface area contributed by atoms with Gasteiger partial charge in [0.2, 0.25) is 0 Å². The van der Waals surface area contributed by atoms with Gasteiger partial charge in [-0.05, 0) is 57.8 Å². The normalized spacial score (nSPS) is 32.6. The quantitative estimate of drug-likeness (QED) is 0.757. The van der Waals surface area contributed by atoms with Gasteiger partial charge in [0.15, 0.2) is 0 Å². The first kappa shape index (κ1) is 14.0. The van der Waals surface area contributed by atoms with Gasteiger partial charge in [0.25, 0.3) is 0 Å². The highest BCUT2D eigenvalue weighted by molar-refractivity contribution is 5.82. The number of ketones is 1. The van der Waals surface area contributed by atoms with Crippen molar-refractivity contribution >= 4 is 5.78 Å². The number of carbonyl (C=O) groups is 1. The van der Waals surface area contributed by atoms with Gasteiger partial charge in [-0.15, -0.1) is 0 Å². The molecule has 2 heteroatoms. The largest absolute Gasteiger partial charge is 0.390 e. The molecule has 0 spiro atoms. The van der Waals surface area contributed by atoms with Gasteiger partial charge in [0.1, 0.15) is 5.78 Å². The van der Waals surface area contributed by atoms with E-state index in [2.05, 4.69) is 0 Å². The SMILES string of the molecule is CC(C)(O)CCCC[C@H]1CC[C@H]2C(=O)CCC[C@H]12. The van der Waals surface area contributed by atoms with E-state index in [1.807, 2.05) is 13.8 Å². The summed E-state index contributed by atoms with van der Waals surface area (Å²) in [5.41, 5.74) is -0.515. The van der Waals surface area contributed by atoms with Crippen molar-refractivity contribution < 1.29 is 9.90 Å². The minimum Gasteiger partial charge on any atom is -0.390 e. The van der Waals surface area contributed by atoms with Crippen LogP contribution in [0.2, 0.25) is 0 Å². The Balaban J connectivity index is 1.72. The fraction of sp³-hybridized carbons (Fsp3) is 0.938. The van der Waals surface area contributed by atoms with Crippen LogP contribution in [0.3, 0.4) is 0 Å². The zero-order valence-electron chi connectivity index (χ0n) is 12.0. The van der Waals surface area contributed by atoms with E-state index in [4.69, 9.17) is 0 Å². The molecule has 0 radical (unpaired) electrons. The van der Waals surface area contributed by atoms with Crippen LogP contribution in [-0.2, 0) is 4.79 Å². The number of aliphatic hydroxyl groups is 1. The van der Waals surface area contributed by atoms with Crippen LogP contribution < -0.4 is 0 Å². The van der Waals surface area contributed by atoms with E-state index >= 15 is 0 Å². The summed E-state index contributed by atoms with van der Waals surface area (Å²) in [5, 5.41) is 9.69. The van der Waals surface area contributed by atoms with Gasteiger partial charge < -0.3 is 5.11 Å². The molecule has 3 atom stereocenters. The van der Waals surface area contributed by atoms with Gasteiger partial charge in [-0.3, -0.25) is 4.79 Å². The predicted molar refractivity (Wildman–Crippen MR) is 73.3 cm³/mol. The molecule has 0 aromatic heterocycles. The molecule has 0 aromatic carbocycles. The Morgan fingerprint density at radius 3 is 2.72 bits per heavy atom. The molecule has 104 valence electrons. The molecule has 2 aliphatic rings. The van der Waals surface area contributed by atoms with Crippen LogP contribution >= 0.6 is 0 Å². The first-order valence-corrected chi connectivity index (χ1v) is 7.72. The average Bonchev–Trinajstić information content (AvgIpc) is 2.68. The highest BCUT2D eigenvalue weighted by atomic mass is 16.3. The number of rotatable bonds is 5. The van der Waals surface area contributed by atoms with Crippen molar-refractivity contribution in [2.45, 2.75) is 77.2 Å². The van der Waals surface area contributed by atoms with Crippen molar-refractivity contribution in [1.82, 2.24) is 0 Å². The van der Waals surface area contributed by atoms with Crippen molar-refractivity contribution in [2.24, 2.45) is 17.8 Å². The Morgan fingerprint density at radius 1 is 1.22 bits per heavy atom. The second kappa shape index (κ2) is 5.73. The van der Waals surface area contributed by atoms with Gasteiger partial charge in [-0.1, -0.05) is 19.3 Å². The van der Waals surface area contributed by atoms with Crippen LogP contribution in [0.5, 0.6) is 0 Å². The summed E-state index contributed by atoms with van der Waals surface area (Å²) >= 11 is 0. The molecule has 0 unspecified atom stereocenters. The zero-order valence-corrected chi connectivity index (χ0v) is 12.0. The van der Waals surface area contributed by atoms with E-state index in [0.717, 1.165) is 38.0 Å². The van der Waals surface area contributed by atoms with Gasteiger partial charge in [-0.25, -0.2) is 0 Å². The third kappa shape index (κ3) is 3.57. The molecular formula is C16H28O2. The lowest BCUT2D eigenvalue weighted by Crippen LogP contribution is -2.27. The maximum Gasteiger partial charge on any atom is 0.136 e. The highest BCUT2D eigenvalue weighted by Gasteiger charge is 2.41. The lowest BCUT2D eigenvalue weighted by Gasteiger charge is -2.28. The standard InChI is InChI=1S/C16H28O2/c1-16(2,18)11-4-3-6-12-9-10-14-13(12)7-5-8-15(14)17/h12-14,18H,3-11H2,1-2H3/t12-,13+,14+/m0/s1. The molecule has 2 aliphatic carbocycles. The third-order valence-electron chi connectivity index (χ3n) is 4.96. The molecule has 0 aliphatic heterocycles. The summed E-state index contributed by atoms with van der Waals surface area (Å²) < 4.78 is 0. The van der Waals surface area contributed by atoms with E-state index in [0.29, 0.717) is 17.6 Å². The molecule has 0 heterocycles. The van der Waals surface area contributed by atoms with Crippen LogP contribution in [0.15, 0.2) is 0 Å². The first-order chi connectivity index (χ1) is 8.47. The summed E-state index contributed by atoms with van der Waals surface area (Å²) in [6, 6.07) is 0. The van der Waals surface area contributed by atoms with Crippen LogP contribution in [0.25, 0.3) is 0 Å². The Bertz CT molecular complexity index is 290. The molecule has 2 saturated carbocycles. The van der Waals surface area contributed by atoms with Crippen LogP contribution in [-0.4, -0.2) is 16.5 Å². The molecule has 0 saturated heterocycles. The Kier molecular flexibility index (Phi) is 4.47. The monoisotopic (exact) mass is 252 g/mol. The van der Waals surface area contributed by atoms with Crippen molar-refractivity contribution in [2.75, 3.05) is 0 Å². The Hall–Kier alpha value is -0.370. The molecular weight excluding hydrogens is 224 g/mol. The van der Waals surface area contributed by atoms with E-state index < -0.39 is 5.60 Å². The number of fused-ring (bicyclic) bond motifs is 1. The molecule has 2 nitrogen and oxygen atoms in total. The van der Waals surface area contributed by atoms with E-state index in [-0.39, 0.29) is 0 Å². The highest BCUT2D eigenvalue weighted by Crippen LogP contribution is 2.46. The zero-order chi connectivity index (χ0) is 13.2. The Labute approximate surface area is 111 Å². The van der Waals surface area contributed by atoms with Gasteiger partial charge >= 0.3 is 0 Å². The van der Waals surface area contributed by atoms with Crippen LogP contribution in [0.4, 0.5) is 0 Å². The van der Waals surface area contributed by atoms with E-state index in [1.165, 1.54) is 25.7 Å². The summed E-state index contributed by atoms with van der Waals surface area (Å²) in [7, 11) is 0. The van der Waals surface area contributed by atoms with Crippen molar-refractivity contribution in [1.29, 1.82) is 0 Å². The number of hydrogen-bond acceptors (Lipinski definition) is 2. The minimum absolute atomic E-state index is 0.415. The minimum atomic E-state index is -0.515. The number of carbonyl (C=O) groups excluding carboxylic acids is 1. The third-order valence-corrected chi connectivity index (χ3v) is 4.96.